The molecule has 0 radical (unpaired) electrons. The highest BCUT2D eigenvalue weighted by atomic mass is 16.2. The van der Waals surface area contributed by atoms with E-state index in [0.29, 0.717) is 5.69 Å². The molecule has 0 saturated carbocycles. The van der Waals surface area contributed by atoms with E-state index in [-0.39, 0.29) is 24.3 Å². The molecule has 1 saturated heterocycles. The third kappa shape index (κ3) is 4.92. The summed E-state index contributed by atoms with van der Waals surface area (Å²) < 4.78 is 0. The number of amides is 2. The molecule has 0 aromatic carbocycles. The smallest absolute Gasteiger partial charge is 0.243 e. The van der Waals surface area contributed by atoms with Gasteiger partial charge in [0.25, 0.3) is 0 Å². The van der Waals surface area contributed by atoms with Gasteiger partial charge < -0.3 is 21.3 Å². The molecule has 1 aromatic heterocycles. The van der Waals surface area contributed by atoms with Crippen molar-refractivity contribution < 1.29 is 9.59 Å². The van der Waals surface area contributed by atoms with Gasteiger partial charge in [0.2, 0.25) is 11.8 Å². The van der Waals surface area contributed by atoms with E-state index in [9.17, 15) is 9.59 Å². The van der Waals surface area contributed by atoms with E-state index in [1.807, 2.05) is 26.0 Å². The molecule has 0 aliphatic carbocycles. The predicted octanol–water partition coefficient (Wildman–Crippen LogP) is 0.720. The van der Waals surface area contributed by atoms with Crippen LogP contribution >= 0.6 is 0 Å². The summed E-state index contributed by atoms with van der Waals surface area (Å²) in [7, 11) is 0. The first-order chi connectivity index (χ1) is 11.0. The van der Waals surface area contributed by atoms with Gasteiger partial charge in [-0.25, -0.2) is 4.98 Å². The molecule has 1 atom stereocenters. The Labute approximate surface area is 136 Å². The maximum absolute atomic E-state index is 11.8. The molecule has 2 heterocycles. The van der Waals surface area contributed by atoms with Gasteiger partial charge in [-0.05, 0) is 30.9 Å². The topological polar surface area (TPSA) is 100 Å². The third-order valence-electron chi connectivity index (χ3n) is 3.91. The summed E-state index contributed by atoms with van der Waals surface area (Å²) in [5.41, 5.74) is 6.33. The van der Waals surface area contributed by atoms with Crippen LogP contribution in [0.25, 0.3) is 0 Å². The Balaban J connectivity index is 1.79. The summed E-state index contributed by atoms with van der Waals surface area (Å²) in [6.45, 7) is 5.67. The highest BCUT2D eigenvalue weighted by molar-refractivity contribution is 5.95. The zero-order valence-corrected chi connectivity index (χ0v) is 13.7. The van der Waals surface area contributed by atoms with Crippen LogP contribution in [0.1, 0.15) is 26.7 Å². The van der Waals surface area contributed by atoms with Crippen molar-refractivity contribution in [2.24, 2.45) is 11.7 Å². The fraction of sp³-hybridized carbons (Fsp3) is 0.562. The number of aromatic nitrogens is 1. The lowest BCUT2D eigenvalue weighted by molar-refractivity contribution is -0.125. The van der Waals surface area contributed by atoms with Crippen LogP contribution in [0.3, 0.4) is 0 Å². The van der Waals surface area contributed by atoms with E-state index < -0.39 is 6.04 Å². The maximum atomic E-state index is 11.8. The van der Waals surface area contributed by atoms with Gasteiger partial charge in [0.15, 0.2) is 0 Å². The van der Waals surface area contributed by atoms with Crippen LogP contribution in [0, 0.1) is 5.92 Å². The zero-order valence-electron chi connectivity index (χ0n) is 13.7. The largest absolute Gasteiger partial charge is 0.357 e. The van der Waals surface area contributed by atoms with Crippen LogP contribution in [-0.2, 0) is 9.59 Å². The van der Waals surface area contributed by atoms with E-state index >= 15 is 0 Å². The molecule has 1 aliphatic rings. The van der Waals surface area contributed by atoms with Crippen molar-refractivity contribution in [1.82, 2.24) is 10.3 Å². The van der Waals surface area contributed by atoms with Gasteiger partial charge in [-0.15, -0.1) is 0 Å². The first-order valence-electron chi connectivity index (χ1n) is 8.01. The summed E-state index contributed by atoms with van der Waals surface area (Å²) in [6, 6.07) is 3.11. The normalized spacial score (nSPS) is 15.6. The van der Waals surface area contributed by atoms with E-state index in [2.05, 4.69) is 20.5 Å². The quantitative estimate of drug-likeness (QED) is 0.717. The lowest BCUT2D eigenvalue weighted by Gasteiger charge is -2.17. The van der Waals surface area contributed by atoms with E-state index in [0.717, 1.165) is 18.9 Å². The number of carbonyl (C=O) groups excluding carboxylic acids is 2. The van der Waals surface area contributed by atoms with Crippen molar-refractivity contribution in [3.05, 3.63) is 18.3 Å². The second kappa shape index (κ2) is 7.92. The molecule has 0 spiro atoms. The Bertz CT molecular complexity index is 538. The molecule has 0 unspecified atom stereocenters. The Hall–Kier alpha value is -2.15. The van der Waals surface area contributed by atoms with Crippen molar-refractivity contribution >= 4 is 23.3 Å². The lowest BCUT2D eigenvalue weighted by atomic mass is 10.1. The van der Waals surface area contributed by atoms with Crippen LogP contribution in [-0.4, -0.2) is 42.5 Å². The maximum Gasteiger partial charge on any atom is 0.243 e. The number of rotatable bonds is 6. The number of nitrogens with two attached hydrogens (primary N) is 1. The van der Waals surface area contributed by atoms with Gasteiger partial charge in [0.05, 0.1) is 24.5 Å². The van der Waals surface area contributed by atoms with Gasteiger partial charge in [0, 0.05) is 13.1 Å². The number of anilines is 2. The minimum absolute atomic E-state index is 0.0281. The van der Waals surface area contributed by atoms with Crippen LogP contribution in [0.5, 0.6) is 0 Å². The number of carbonyl (C=O) groups is 2. The van der Waals surface area contributed by atoms with Crippen LogP contribution in [0.2, 0.25) is 0 Å². The highest BCUT2D eigenvalue weighted by Gasteiger charge is 2.18. The highest BCUT2D eigenvalue weighted by Crippen LogP contribution is 2.18. The van der Waals surface area contributed by atoms with Gasteiger partial charge in [-0.1, -0.05) is 13.8 Å². The monoisotopic (exact) mass is 319 g/mol. The molecule has 126 valence electrons. The van der Waals surface area contributed by atoms with Gasteiger partial charge in [-0.2, -0.15) is 0 Å². The van der Waals surface area contributed by atoms with Crippen LogP contribution in [0.15, 0.2) is 18.3 Å². The first kappa shape index (κ1) is 17.2. The summed E-state index contributed by atoms with van der Waals surface area (Å²) in [4.78, 5) is 30.1. The minimum Gasteiger partial charge on any atom is -0.357 e. The molecule has 1 fully saturated rings. The Morgan fingerprint density at radius 2 is 2.00 bits per heavy atom. The lowest BCUT2D eigenvalue weighted by Crippen LogP contribution is -2.46. The molecule has 4 N–H and O–H groups in total. The molecular formula is C16H25N5O2. The van der Waals surface area contributed by atoms with E-state index in [4.69, 9.17) is 5.73 Å². The molecule has 2 rings (SSSR count). The molecule has 23 heavy (non-hydrogen) atoms. The molecule has 7 nitrogen and oxygen atoms in total. The van der Waals surface area contributed by atoms with E-state index in [1.165, 1.54) is 12.8 Å². The Morgan fingerprint density at radius 1 is 1.30 bits per heavy atom. The SMILES string of the molecule is CC(C)[C@H](N)C(=O)NCC(=O)Nc1ccc(N2CCCC2)nc1. The van der Waals surface area contributed by atoms with Crippen molar-refractivity contribution in [2.75, 3.05) is 29.9 Å². The molecule has 0 bridgehead atoms. The standard InChI is InChI=1S/C16H25N5O2/c1-11(2)15(17)16(23)19-10-14(22)20-12-5-6-13(18-9-12)21-7-3-4-8-21/h5-6,9,11,15H,3-4,7-8,10,17H2,1-2H3,(H,19,23)(H,20,22)/t15-/m0/s1. The fourth-order valence-electron chi connectivity index (χ4n) is 2.39. The zero-order chi connectivity index (χ0) is 16.8. The van der Waals surface area contributed by atoms with Crippen molar-refractivity contribution in [2.45, 2.75) is 32.7 Å². The van der Waals surface area contributed by atoms with Crippen molar-refractivity contribution in [1.29, 1.82) is 0 Å². The summed E-state index contributed by atoms with van der Waals surface area (Å²) in [6.07, 6.45) is 4.02. The number of hydrogen-bond donors (Lipinski definition) is 3. The second-order valence-corrected chi connectivity index (χ2v) is 6.14. The molecule has 1 aliphatic heterocycles. The van der Waals surface area contributed by atoms with Gasteiger partial charge in [0.1, 0.15) is 5.82 Å². The average molecular weight is 319 g/mol. The average Bonchev–Trinajstić information content (AvgIpc) is 3.07. The van der Waals surface area contributed by atoms with Crippen molar-refractivity contribution in [3.8, 4) is 0 Å². The number of nitrogens with zero attached hydrogens (tertiary/aromatic N) is 2. The fourth-order valence-corrected chi connectivity index (χ4v) is 2.39. The van der Waals surface area contributed by atoms with Gasteiger partial charge in [-0.3, -0.25) is 9.59 Å². The summed E-state index contributed by atoms with van der Waals surface area (Å²) >= 11 is 0. The molecule has 1 aromatic rings. The van der Waals surface area contributed by atoms with Crippen LogP contribution < -0.4 is 21.3 Å². The molecular weight excluding hydrogens is 294 g/mol. The molecule has 2 amide bonds. The first-order valence-corrected chi connectivity index (χ1v) is 8.01. The summed E-state index contributed by atoms with van der Waals surface area (Å²) in [5.74, 6) is 0.333. The Kier molecular flexibility index (Phi) is 5.92. The van der Waals surface area contributed by atoms with Gasteiger partial charge >= 0.3 is 0 Å². The minimum atomic E-state index is -0.607. The predicted molar refractivity (Wildman–Crippen MR) is 90.1 cm³/mol. The van der Waals surface area contributed by atoms with Crippen molar-refractivity contribution in [3.63, 3.8) is 0 Å². The number of nitrogens with one attached hydrogen (secondary N) is 2. The number of pyridine rings is 1. The van der Waals surface area contributed by atoms with Crippen LogP contribution in [0.4, 0.5) is 11.5 Å². The molecule has 7 heteroatoms. The number of hydrogen-bond acceptors (Lipinski definition) is 5. The van der Waals surface area contributed by atoms with E-state index in [1.54, 1.807) is 6.20 Å². The Morgan fingerprint density at radius 3 is 2.57 bits per heavy atom. The summed E-state index contributed by atoms with van der Waals surface area (Å²) in [5, 5.41) is 5.24. The second-order valence-electron chi connectivity index (χ2n) is 6.14. The third-order valence-corrected chi connectivity index (χ3v) is 3.91.